The van der Waals surface area contributed by atoms with E-state index in [0.717, 1.165) is 0 Å². The molecule has 0 amide bonds. The minimum absolute atomic E-state index is 0.0951. The van der Waals surface area contributed by atoms with Crippen LogP contribution in [-0.2, 0) is 11.4 Å². The summed E-state index contributed by atoms with van der Waals surface area (Å²) in [5.41, 5.74) is 2.77. The summed E-state index contributed by atoms with van der Waals surface area (Å²) in [6.45, 7) is -0.489. The molecule has 0 aliphatic carbocycles. The average molecular weight is 203 g/mol. The molecule has 0 atom stereocenters. The van der Waals surface area contributed by atoms with E-state index in [0.29, 0.717) is 0 Å². The molecule has 0 saturated heterocycles. The van der Waals surface area contributed by atoms with Gasteiger partial charge in [-0.2, -0.15) is 0 Å². The Labute approximate surface area is 75.3 Å². The fraction of sp³-hybridized carbons (Fsp3) is 0.333. The Morgan fingerprint density at radius 1 is 1.50 bits per heavy atom. The predicted molar refractivity (Wildman–Crippen MR) is 38.2 cm³/mol. The number of nitrogens with zero attached hydrogens (tertiary/aromatic N) is 5. The molecule has 1 aromatic heterocycles. The smallest absolute Gasteiger partial charge is 0.294 e. The summed E-state index contributed by atoms with van der Waals surface area (Å²) in [4.78, 5) is 26.9. The van der Waals surface area contributed by atoms with E-state index in [1.807, 2.05) is 0 Å². The Morgan fingerprint density at radius 2 is 2.21 bits per heavy atom. The van der Waals surface area contributed by atoms with Crippen LogP contribution in [0.5, 0.6) is 0 Å². The van der Waals surface area contributed by atoms with Crippen LogP contribution in [0.3, 0.4) is 0 Å². The van der Waals surface area contributed by atoms with Gasteiger partial charge in [0.25, 0.3) is 5.09 Å². The topological polar surface area (TPSA) is 151 Å². The molecule has 1 N–H and O–H groups in total. The minimum atomic E-state index is -1.03. The quantitative estimate of drug-likeness (QED) is 0.509. The Kier molecular flexibility index (Phi) is 2.73. The molecule has 76 valence electrons. The fourth-order valence-corrected chi connectivity index (χ4v) is 0.584. The standard InChI is InChI=1S/C3H3N6O5/c10-8(11)7-3-4-2(5-6-3)1-14-9(12)13/h1H2,(H-,4,5,6,7)/q-1. The number of hydrogen-bond donors (Lipinski definition) is 1. The zero-order valence-corrected chi connectivity index (χ0v) is 6.48. The third-order valence-corrected chi connectivity index (χ3v) is 0.995. The van der Waals surface area contributed by atoms with Gasteiger partial charge in [-0.3, -0.25) is 0 Å². The summed E-state index contributed by atoms with van der Waals surface area (Å²) in [5, 5.41) is 23.1. The maximum atomic E-state index is 9.86. The highest BCUT2D eigenvalue weighted by Gasteiger charge is 2.01. The highest BCUT2D eigenvalue weighted by Crippen LogP contribution is 2.09. The highest BCUT2D eigenvalue weighted by molar-refractivity contribution is 5.23. The van der Waals surface area contributed by atoms with Gasteiger partial charge in [-0.25, -0.2) is 15.2 Å². The van der Waals surface area contributed by atoms with Crippen LogP contribution in [-0.4, -0.2) is 25.3 Å². The lowest BCUT2D eigenvalue weighted by Gasteiger charge is -1.95. The molecule has 1 rings (SSSR count). The summed E-state index contributed by atoms with van der Waals surface area (Å²) in [7, 11) is 0. The van der Waals surface area contributed by atoms with Crippen molar-refractivity contribution in [2.75, 3.05) is 0 Å². The third-order valence-electron chi connectivity index (χ3n) is 0.995. The predicted octanol–water partition coefficient (Wildman–Crippen LogP) is -0.290. The van der Waals surface area contributed by atoms with Crippen molar-refractivity contribution in [1.29, 1.82) is 0 Å². The van der Waals surface area contributed by atoms with Crippen molar-refractivity contribution in [3.8, 4) is 0 Å². The summed E-state index contributed by atoms with van der Waals surface area (Å²) < 4.78 is 0. The van der Waals surface area contributed by atoms with Crippen LogP contribution in [0, 0.1) is 20.2 Å². The SMILES string of the molecule is O=[N+]([O-])[N-]c1nc(CO[N+](=O)[O-])n[nH]1. The summed E-state index contributed by atoms with van der Waals surface area (Å²) in [5.74, 6) is -0.445. The average Bonchev–Trinajstić information content (AvgIpc) is 2.47. The van der Waals surface area contributed by atoms with E-state index < -0.39 is 16.7 Å². The van der Waals surface area contributed by atoms with Crippen molar-refractivity contribution < 1.29 is 15.0 Å². The number of rotatable bonds is 5. The molecule has 0 unspecified atom stereocenters. The molecule has 1 heterocycles. The maximum absolute atomic E-state index is 9.86. The second-order valence-corrected chi connectivity index (χ2v) is 1.91. The Morgan fingerprint density at radius 3 is 2.79 bits per heavy atom. The molecular weight excluding hydrogens is 200 g/mol. The molecule has 11 heteroatoms. The number of H-pyrrole nitrogens is 1. The molecule has 0 aliphatic heterocycles. The highest BCUT2D eigenvalue weighted by atomic mass is 16.9. The first-order chi connectivity index (χ1) is 6.58. The molecule has 11 nitrogen and oxygen atoms in total. The van der Waals surface area contributed by atoms with Gasteiger partial charge in [0.05, 0.1) is 5.82 Å². The first-order valence-corrected chi connectivity index (χ1v) is 3.12. The molecule has 0 radical (unpaired) electrons. The lowest BCUT2D eigenvalue weighted by Crippen LogP contribution is -2.01. The molecule has 0 fully saturated rings. The van der Waals surface area contributed by atoms with Crippen LogP contribution in [0.15, 0.2) is 0 Å². The van der Waals surface area contributed by atoms with Crippen LogP contribution >= 0.6 is 0 Å². The van der Waals surface area contributed by atoms with Crippen LogP contribution in [0.4, 0.5) is 5.95 Å². The van der Waals surface area contributed by atoms with E-state index in [1.54, 1.807) is 0 Å². The number of aromatic nitrogens is 3. The molecule has 1 aromatic rings. The van der Waals surface area contributed by atoms with Crippen LogP contribution in [0.25, 0.3) is 5.43 Å². The van der Waals surface area contributed by atoms with Crippen LogP contribution in [0.2, 0.25) is 0 Å². The first kappa shape index (κ1) is 9.63. The van der Waals surface area contributed by atoms with E-state index in [2.05, 4.69) is 25.4 Å². The van der Waals surface area contributed by atoms with Gasteiger partial charge >= 0.3 is 0 Å². The van der Waals surface area contributed by atoms with Crippen molar-refractivity contribution in [2.45, 2.75) is 6.61 Å². The Hall–Kier alpha value is -2.46. The minimum Gasteiger partial charge on any atom is -0.338 e. The first-order valence-electron chi connectivity index (χ1n) is 3.12. The second-order valence-electron chi connectivity index (χ2n) is 1.91. The summed E-state index contributed by atoms with van der Waals surface area (Å²) in [6.07, 6.45) is 0. The number of nitro groups is 1. The lowest BCUT2D eigenvalue weighted by atomic mass is 10.7. The number of aromatic amines is 1. The van der Waals surface area contributed by atoms with Crippen molar-refractivity contribution in [2.24, 2.45) is 0 Å². The maximum Gasteiger partial charge on any atom is 0.294 e. The van der Waals surface area contributed by atoms with Gasteiger partial charge in [0, 0.05) is 0 Å². The second kappa shape index (κ2) is 3.97. The number of nitrogens with one attached hydrogen (secondary N) is 1. The molecule has 14 heavy (non-hydrogen) atoms. The van der Waals surface area contributed by atoms with Gasteiger partial charge in [-0.05, 0) is 0 Å². The van der Waals surface area contributed by atoms with Crippen molar-refractivity contribution in [1.82, 2.24) is 15.2 Å². The molecule has 0 bridgehead atoms. The zero-order valence-electron chi connectivity index (χ0n) is 6.48. The molecule has 0 aliphatic rings. The van der Waals surface area contributed by atoms with Gasteiger partial charge in [0.1, 0.15) is 17.6 Å². The summed E-state index contributed by atoms with van der Waals surface area (Å²) >= 11 is 0. The monoisotopic (exact) mass is 203 g/mol. The largest absolute Gasteiger partial charge is 0.338 e. The van der Waals surface area contributed by atoms with Gasteiger partial charge in [-0.1, -0.05) is 5.43 Å². The Bertz CT molecular complexity index is 347. The van der Waals surface area contributed by atoms with E-state index >= 15 is 0 Å². The summed E-state index contributed by atoms with van der Waals surface area (Å²) in [6, 6.07) is 0. The lowest BCUT2D eigenvalue weighted by molar-refractivity contribution is -0.763. The van der Waals surface area contributed by atoms with Gasteiger partial charge in [-0.15, -0.1) is 10.1 Å². The normalized spacial score (nSPS) is 9.43. The van der Waals surface area contributed by atoms with Crippen LogP contribution in [0.1, 0.15) is 5.82 Å². The van der Waals surface area contributed by atoms with Gasteiger partial charge in [0.15, 0.2) is 0 Å². The molecule has 0 aromatic carbocycles. The van der Waals surface area contributed by atoms with E-state index in [-0.39, 0.29) is 11.8 Å². The van der Waals surface area contributed by atoms with Crippen molar-refractivity contribution in [3.63, 3.8) is 0 Å². The number of hydrogen-bond acceptors (Lipinski definition) is 7. The van der Waals surface area contributed by atoms with E-state index in [9.17, 15) is 20.2 Å². The fourth-order valence-electron chi connectivity index (χ4n) is 0.584. The third kappa shape index (κ3) is 2.88. The van der Waals surface area contributed by atoms with Crippen LogP contribution < -0.4 is 0 Å². The molecular formula is C3H3N6O5-. The van der Waals surface area contributed by atoms with E-state index in [4.69, 9.17) is 0 Å². The molecule has 0 saturated carbocycles. The van der Waals surface area contributed by atoms with Gasteiger partial charge in [0.2, 0.25) is 0 Å². The van der Waals surface area contributed by atoms with Crippen molar-refractivity contribution >= 4 is 5.95 Å². The molecule has 0 spiro atoms. The zero-order chi connectivity index (χ0) is 10.6. The van der Waals surface area contributed by atoms with E-state index in [1.165, 1.54) is 0 Å². The van der Waals surface area contributed by atoms with Gasteiger partial charge < -0.3 is 14.9 Å². The van der Waals surface area contributed by atoms with Crippen molar-refractivity contribution in [3.05, 3.63) is 31.5 Å². The Balaban J connectivity index is 2.50.